The molecule has 0 aliphatic rings. The van der Waals surface area contributed by atoms with Crippen LogP contribution in [0.25, 0.3) is 0 Å². The van der Waals surface area contributed by atoms with Crippen molar-refractivity contribution in [2.24, 2.45) is 0 Å². The summed E-state index contributed by atoms with van der Waals surface area (Å²) in [5, 5.41) is 19.2. The predicted octanol–water partition coefficient (Wildman–Crippen LogP) is 3.99. The van der Waals surface area contributed by atoms with Crippen molar-refractivity contribution in [3.63, 3.8) is 0 Å². The zero-order chi connectivity index (χ0) is 16.2. The lowest BCUT2D eigenvalue weighted by atomic mass is 10.1. The molecule has 0 radical (unpaired) electrons. The first-order valence-electron chi connectivity index (χ1n) is 6.27. The molecule has 0 bridgehead atoms. The van der Waals surface area contributed by atoms with Gasteiger partial charge < -0.3 is 10.2 Å². The molecule has 21 heavy (non-hydrogen) atoms. The van der Waals surface area contributed by atoms with E-state index in [-0.39, 0.29) is 18.1 Å². The normalized spacial score (nSPS) is 10.5. The molecule has 0 aliphatic heterocycles. The summed E-state index contributed by atoms with van der Waals surface area (Å²) in [4.78, 5) is 24.8. The number of amides is 2. The molecule has 1 aromatic rings. The third-order valence-electron chi connectivity index (χ3n) is 3.01. The second kappa shape index (κ2) is 7.38. The number of halogens is 2. The molecule has 0 unspecified atom stereocenters. The van der Waals surface area contributed by atoms with Gasteiger partial charge in [0, 0.05) is 13.1 Å². The van der Waals surface area contributed by atoms with Crippen LogP contribution in [0.15, 0.2) is 18.2 Å². The van der Waals surface area contributed by atoms with E-state index in [9.17, 15) is 19.8 Å². The summed E-state index contributed by atoms with van der Waals surface area (Å²) in [5.74, 6) is 0. The maximum Gasteiger partial charge on any atom is 0.409 e. The van der Waals surface area contributed by atoms with Crippen LogP contribution in [-0.4, -0.2) is 45.3 Å². The SMILES string of the molecule is CCN(C(=O)O)C(c1ccc(Cl)c(Cl)c1)N(CC)C(=O)O. The monoisotopic (exact) mass is 334 g/mol. The van der Waals surface area contributed by atoms with Crippen molar-refractivity contribution in [3.05, 3.63) is 33.8 Å². The molecule has 0 atom stereocenters. The second-order valence-electron chi connectivity index (χ2n) is 4.18. The van der Waals surface area contributed by atoms with Crippen molar-refractivity contribution in [3.8, 4) is 0 Å². The Morgan fingerprint density at radius 3 is 1.86 bits per heavy atom. The maximum atomic E-state index is 11.4. The number of carbonyl (C=O) groups is 2. The fourth-order valence-electron chi connectivity index (χ4n) is 2.03. The molecular formula is C13H16Cl2N2O4. The minimum atomic E-state index is -1.21. The van der Waals surface area contributed by atoms with Crippen molar-refractivity contribution in [2.45, 2.75) is 20.0 Å². The number of hydrogen-bond donors (Lipinski definition) is 2. The molecule has 0 fully saturated rings. The van der Waals surface area contributed by atoms with Crippen molar-refractivity contribution in [1.29, 1.82) is 0 Å². The molecule has 116 valence electrons. The van der Waals surface area contributed by atoms with E-state index in [4.69, 9.17) is 23.2 Å². The number of benzene rings is 1. The standard InChI is InChI=1S/C13H16Cl2N2O4/c1-3-16(12(18)19)11(17(4-2)13(20)21)8-5-6-9(14)10(15)7-8/h5-7,11H,3-4H2,1-2H3,(H,18,19)(H,20,21). The van der Waals surface area contributed by atoms with Gasteiger partial charge in [-0.15, -0.1) is 0 Å². The summed E-state index contributed by atoms with van der Waals surface area (Å²) in [6, 6.07) is 4.55. The van der Waals surface area contributed by atoms with Gasteiger partial charge in [0.05, 0.1) is 10.0 Å². The van der Waals surface area contributed by atoms with Gasteiger partial charge in [-0.2, -0.15) is 0 Å². The molecule has 8 heteroatoms. The molecule has 0 saturated heterocycles. The molecule has 0 saturated carbocycles. The van der Waals surface area contributed by atoms with Gasteiger partial charge in [0.1, 0.15) is 6.17 Å². The molecule has 2 amide bonds. The molecular weight excluding hydrogens is 319 g/mol. The van der Waals surface area contributed by atoms with Crippen LogP contribution >= 0.6 is 23.2 Å². The number of nitrogens with zero attached hydrogens (tertiary/aromatic N) is 2. The highest BCUT2D eigenvalue weighted by Gasteiger charge is 2.32. The second-order valence-corrected chi connectivity index (χ2v) is 5.00. The Balaban J connectivity index is 3.38. The Bertz CT molecular complexity index is 517. The van der Waals surface area contributed by atoms with Crippen LogP contribution in [0, 0.1) is 0 Å². The average Bonchev–Trinajstić information content (AvgIpc) is 2.41. The molecule has 0 aromatic heterocycles. The predicted molar refractivity (Wildman–Crippen MR) is 80.0 cm³/mol. The Kier molecular flexibility index (Phi) is 6.11. The first-order valence-corrected chi connectivity index (χ1v) is 7.03. The molecule has 0 heterocycles. The first-order chi connectivity index (χ1) is 9.83. The minimum Gasteiger partial charge on any atom is -0.465 e. The van der Waals surface area contributed by atoms with Gasteiger partial charge in [0.15, 0.2) is 0 Å². The number of hydrogen-bond acceptors (Lipinski definition) is 2. The van der Waals surface area contributed by atoms with E-state index in [1.54, 1.807) is 19.9 Å². The molecule has 0 spiro atoms. The third kappa shape index (κ3) is 3.92. The highest BCUT2D eigenvalue weighted by Crippen LogP contribution is 2.30. The van der Waals surface area contributed by atoms with Gasteiger partial charge in [-0.25, -0.2) is 9.59 Å². The van der Waals surface area contributed by atoms with E-state index in [0.29, 0.717) is 10.6 Å². The van der Waals surface area contributed by atoms with Crippen LogP contribution in [0.3, 0.4) is 0 Å². The van der Waals surface area contributed by atoms with Gasteiger partial charge in [-0.1, -0.05) is 29.3 Å². The van der Waals surface area contributed by atoms with Crippen molar-refractivity contribution >= 4 is 35.4 Å². The van der Waals surface area contributed by atoms with Crippen LogP contribution in [0.1, 0.15) is 25.6 Å². The van der Waals surface area contributed by atoms with Crippen LogP contribution in [0.5, 0.6) is 0 Å². The summed E-state index contributed by atoms with van der Waals surface area (Å²) < 4.78 is 0. The largest absolute Gasteiger partial charge is 0.465 e. The van der Waals surface area contributed by atoms with Gasteiger partial charge in [-0.3, -0.25) is 9.80 Å². The van der Waals surface area contributed by atoms with E-state index in [1.807, 2.05) is 0 Å². The number of carboxylic acid groups (broad SMARTS) is 2. The van der Waals surface area contributed by atoms with Gasteiger partial charge in [0.2, 0.25) is 0 Å². The third-order valence-corrected chi connectivity index (χ3v) is 3.74. The molecule has 1 aromatic carbocycles. The molecule has 2 N–H and O–H groups in total. The lowest BCUT2D eigenvalue weighted by Crippen LogP contribution is -2.46. The average molecular weight is 335 g/mol. The van der Waals surface area contributed by atoms with E-state index in [0.717, 1.165) is 9.80 Å². The Morgan fingerprint density at radius 1 is 1.05 bits per heavy atom. The van der Waals surface area contributed by atoms with Crippen LogP contribution in [0.4, 0.5) is 9.59 Å². The van der Waals surface area contributed by atoms with Gasteiger partial charge >= 0.3 is 12.2 Å². The summed E-state index contributed by atoms with van der Waals surface area (Å²) in [7, 11) is 0. The summed E-state index contributed by atoms with van der Waals surface area (Å²) in [6.45, 7) is 3.52. The maximum absolute atomic E-state index is 11.4. The Labute approximate surface area is 132 Å². The van der Waals surface area contributed by atoms with E-state index >= 15 is 0 Å². The van der Waals surface area contributed by atoms with E-state index in [2.05, 4.69) is 0 Å². The number of rotatable bonds is 5. The molecule has 6 nitrogen and oxygen atoms in total. The Hall–Kier alpha value is -1.66. The quantitative estimate of drug-likeness (QED) is 0.797. The summed E-state index contributed by atoms with van der Waals surface area (Å²) >= 11 is 11.8. The topological polar surface area (TPSA) is 81.1 Å². The fourth-order valence-corrected chi connectivity index (χ4v) is 2.33. The zero-order valence-electron chi connectivity index (χ0n) is 11.6. The first kappa shape index (κ1) is 17.4. The van der Waals surface area contributed by atoms with Crippen molar-refractivity contribution < 1.29 is 19.8 Å². The van der Waals surface area contributed by atoms with Crippen LogP contribution in [-0.2, 0) is 0 Å². The summed E-state index contributed by atoms with van der Waals surface area (Å²) in [5.41, 5.74) is 0.443. The van der Waals surface area contributed by atoms with Crippen molar-refractivity contribution in [1.82, 2.24) is 9.80 Å². The zero-order valence-corrected chi connectivity index (χ0v) is 13.1. The van der Waals surface area contributed by atoms with E-state index < -0.39 is 18.4 Å². The lowest BCUT2D eigenvalue weighted by molar-refractivity contribution is 0.0483. The minimum absolute atomic E-state index is 0.129. The van der Waals surface area contributed by atoms with Crippen LogP contribution < -0.4 is 0 Å². The summed E-state index contributed by atoms with van der Waals surface area (Å²) in [6.07, 6.45) is -3.41. The fraction of sp³-hybridized carbons (Fsp3) is 0.385. The molecule has 1 rings (SSSR count). The van der Waals surface area contributed by atoms with Gasteiger partial charge in [0.25, 0.3) is 0 Å². The van der Waals surface area contributed by atoms with Gasteiger partial charge in [-0.05, 0) is 31.5 Å². The van der Waals surface area contributed by atoms with Crippen LogP contribution in [0.2, 0.25) is 10.0 Å². The Morgan fingerprint density at radius 2 is 1.52 bits per heavy atom. The van der Waals surface area contributed by atoms with E-state index in [1.165, 1.54) is 12.1 Å². The lowest BCUT2D eigenvalue weighted by Gasteiger charge is -2.36. The highest BCUT2D eigenvalue weighted by molar-refractivity contribution is 6.42. The smallest absolute Gasteiger partial charge is 0.409 e. The highest BCUT2D eigenvalue weighted by atomic mass is 35.5. The van der Waals surface area contributed by atoms with Crippen molar-refractivity contribution in [2.75, 3.05) is 13.1 Å². The molecule has 0 aliphatic carbocycles.